The van der Waals surface area contributed by atoms with E-state index in [2.05, 4.69) is 20.2 Å². The molecular weight excluding hydrogens is 375 g/mol. The summed E-state index contributed by atoms with van der Waals surface area (Å²) >= 11 is 1.60. The smallest absolute Gasteiger partial charge is 0.188 e. The van der Waals surface area contributed by atoms with Crippen LogP contribution in [0.25, 0.3) is 0 Å². The number of thiazole rings is 1. The molecule has 0 saturated carbocycles. The fourth-order valence-corrected chi connectivity index (χ4v) is 4.18. The van der Waals surface area contributed by atoms with Gasteiger partial charge < -0.3 is 5.32 Å². The van der Waals surface area contributed by atoms with E-state index in [0.29, 0.717) is 6.54 Å². The largest absolute Gasteiger partial charge is 0.316 e. The second-order valence-corrected chi connectivity index (χ2v) is 8.34. The van der Waals surface area contributed by atoms with Crippen LogP contribution in [0.3, 0.4) is 0 Å². The van der Waals surface area contributed by atoms with Crippen molar-refractivity contribution in [2.45, 2.75) is 45.7 Å². The number of piperidine rings is 1. The van der Waals surface area contributed by atoms with Gasteiger partial charge in [-0.15, -0.1) is 11.3 Å². The third-order valence-electron chi connectivity index (χ3n) is 4.79. The van der Waals surface area contributed by atoms with E-state index in [9.17, 15) is 4.39 Å². The number of hydrogen-bond donors (Lipinski definition) is 1. The monoisotopic (exact) mass is 398 g/mol. The molecular formula is C20H23FN6S. The number of nitrogens with zero attached hydrogens (tertiary/aromatic N) is 5. The van der Waals surface area contributed by atoms with Crippen molar-refractivity contribution in [3.63, 3.8) is 0 Å². The van der Waals surface area contributed by atoms with E-state index in [-0.39, 0.29) is 11.9 Å². The third kappa shape index (κ3) is 4.51. The van der Waals surface area contributed by atoms with Gasteiger partial charge in [0, 0.05) is 29.4 Å². The number of rotatable bonds is 5. The fourth-order valence-electron chi connectivity index (χ4n) is 3.51. The summed E-state index contributed by atoms with van der Waals surface area (Å²) in [6.45, 7) is 5.63. The first-order valence-corrected chi connectivity index (χ1v) is 10.3. The van der Waals surface area contributed by atoms with Crippen LogP contribution in [0.4, 0.5) is 15.3 Å². The SMILES string of the molecule is Cc1cc(Nc2ncc(C)s2)nc(C2CCCCN2Cc2ccc(F)cn2)n1. The Labute approximate surface area is 167 Å². The molecule has 0 amide bonds. The van der Waals surface area contributed by atoms with Crippen LogP contribution in [-0.2, 0) is 6.54 Å². The van der Waals surface area contributed by atoms with E-state index in [0.717, 1.165) is 58.8 Å². The van der Waals surface area contributed by atoms with Crippen LogP contribution >= 0.6 is 11.3 Å². The second kappa shape index (κ2) is 8.28. The summed E-state index contributed by atoms with van der Waals surface area (Å²) in [4.78, 5) is 21.6. The van der Waals surface area contributed by atoms with Gasteiger partial charge in [0.15, 0.2) is 5.13 Å². The maximum absolute atomic E-state index is 13.2. The van der Waals surface area contributed by atoms with Gasteiger partial charge in [-0.25, -0.2) is 19.3 Å². The highest BCUT2D eigenvalue weighted by atomic mass is 32.1. The maximum Gasteiger partial charge on any atom is 0.188 e. The molecule has 4 rings (SSSR count). The molecule has 1 fully saturated rings. The minimum atomic E-state index is -0.311. The van der Waals surface area contributed by atoms with E-state index >= 15 is 0 Å². The molecule has 146 valence electrons. The Kier molecular flexibility index (Phi) is 5.59. The van der Waals surface area contributed by atoms with E-state index in [1.807, 2.05) is 26.1 Å². The highest BCUT2D eigenvalue weighted by molar-refractivity contribution is 7.15. The van der Waals surface area contributed by atoms with Crippen molar-refractivity contribution in [1.82, 2.24) is 24.8 Å². The number of nitrogens with one attached hydrogen (secondary N) is 1. The first kappa shape index (κ1) is 18.9. The molecule has 4 heterocycles. The number of pyridine rings is 1. The molecule has 1 aliphatic rings. The molecule has 3 aromatic heterocycles. The van der Waals surface area contributed by atoms with Crippen molar-refractivity contribution in [3.8, 4) is 0 Å². The van der Waals surface area contributed by atoms with Crippen LogP contribution in [0, 0.1) is 19.7 Å². The van der Waals surface area contributed by atoms with Crippen molar-refractivity contribution < 1.29 is 4.39 Å². The lowest BCUT2D eigenvalue weighted by atomic mass is 10.0. The maximum atomic E-state index is 13.2. The predicted octanol–water partition coefficient (Wildman–Crippen LogP) is 4.55. The van der Waals surface area contributed by atoms with Crippen molar-refractivity contribution in [3.05, 3.63) is 58.5 Å². The predicted molar refractivity (Wildman–Crippen MR) is 108 cm³/mol. The Morgan fingerprint density at radius 1 is 1.18 bits per heavy atom. The molecule has 0 bridgehead atoms. The van der Waals surface area contributed by atoms with Gasteiger partial charge in [0.25, 0.3) is 0 Å². The van der Waals surface area contributed by atoms with Crippen LogP contribution in [0.15, 0.2) is 30.6 Å². The number of aromatic nitrogens is 4. The molecule has 0 aliphatic carbocycles. The average Bonchev–Trinajstić information content (AvgIpc) is 3.08. The average molecular weight is 399 g/mol. The zero-order valence-corrected chi connectivity index (χ0v) is 16.8. The first-order valence-electron chi connectivity index (χ1n) is 9.46. The standard InChI is InChI=1S/C20H23FN6S/c1-13-9-18(26-20-23-10-14(2)28-20)25-19(24-13)17-5-3-4-8-27(17)12-16-7-6-15(21)11-22-16/h6-7,9-11,17H,3-5,8,12H2,1-2H3,(H,23,24,25,26). The van der Waals surface area contributed by atoms with Crippen LogP contribution < -0.4 is 5.32 Å². The van der Waals surface area contributed by atoms with Gasteiger partial charge in [-0.2, -0.15) is 0 Å². The highest BCUT2D eigenvalue weighted by Crippen LogP contribution is 2.31. The Morgan fingerprint density at radius 2 is 2.07 bits per heavy atom. The summed E-state index contributed by atoms with van der Waals surface area (Å²) in [5.74, 6) is 1.27. The summed E-state index contributed by atoms with van der Waals surface area (Å²) in [5, 5.41) is 4.13. The summed E-state index contributed by atoms with van der Waals surface area (Å²) in [6.07, 6.45) is 6.40. The van der Waals surface area contributed by atoms with Crippen molar-refractivity contribution >= 4 is 22.3 Å². The lowest BCUT2D eigenvalue weighted by molar-refractivity contribution is 0.132. The Morgan fingerprint density at radius 3 is 2.82 bits per heavy atom. The highest BCUT2D eigenvalue weighted by Gasteiger charge is 2.27. The number of aryl methyl sites for hydroxylation is 2. The lowest BCUT2D eigenvalue weighted by Crippen LogP contribution is -2.34. The van der Waals surface area contributed by atoms with Gasteiger partial charge >= 0.3 is 0 Å². The normalized spacial score (nSPS) is 17.6. The molecule has 1 aliphatic heterocycles. The van der Waals surface area contributed by atoms with Gasteiger partial charge in [0.2, 0.25) is 0 Å². The van der Waals surface area contributed by atoms with Gasteiger partial charge in [-0.05, 0) is 45.4 Å². The van der Waals surface area contributed by atoms with Crippen LogP contribution in [-0.4, -0.2) is 31.4 Å². The second-order valence-electron chi connectivity index (χ2n) is 7.10. The van der Waals surface area contributed by atoms with E-state index in [4.69, 9.17) is 9.97 Å². The summed E-state index contributed by atoms with van der Waals surface area (Å²) in [7, 11) is 0. The molecule has 6 nitrogen and oxygen atoms in total. The first-order chi connectivity index (χ1) is 13.6. The Bertz CT molecular complexity index is 942. The third-order valence-corrected chi connectivity index (χ3v) is 5.62. The van der Waals surface area contributed by atoms with Crippen LogP contribution in [0.5, 0.6) is 0 Å². The molecule has 3 aromatic rings. The quantitative estimate of drug-likeness (QED) is 0.680. The molecule has 1 unspecified atom stereocenters. The van der Waals surface area contributed by atoms with Crippen LogP contribution in [0.2, 0.25) is 0 Å². The zero-order valence-electron chi connectivity index (χ0n) is 16.0. The van der Waals surface area contributed by atoms with Crippen molar-refractivity contribution in [2.75, 3.05) is 11.9 Å². The molecule has 0 aromatic carbocycles. The van der Waals surface area contributed by atoms with Crippen molar-refractivity contribution in [1.29, 1.82) is 0 Å². The number of halogens is 1. The molecule has 8 heteroatoms. The molecule has 28 heavy (non-hydrogen) atoms. The van der Waals surface area contributed by atoms with E-state index < -0.39 is 0 Å². The van der Waals surface area contributed by atoms with Crippen LogP contribution in [0.1, 0.15) is 47.4 Å². The Hall–Kier alpha value is -2.45. The molecule has 1 atom stereocenters. The number of likely N-dealkylation sites (tertiary alicyclic amines) is 1. The minimum Gasteiger partial charge on any atom is -0.316 e. The topological polar surface area (TPSA) is 66.8 Å². The number of anilines is 2. The minimum absolute atomic E-state index is 0.124. The number of hydrogen-bond acceptors (Lipinski definition) is 7. The fraction of sp³-hybridized carbons (Fsp3) is 0.400. The van der Waals surface area contributed by atoms with Gasteiger partial charge in [0.1, 0.15) is 17.5 Å². The molecule has 0 spiro atoms. The molecule has 0 radical (unpaired) electrons. The van der Waals surface area contributed by atoms with E-state index in [1.165, 1.54) is 12.3 Å². The van der Waals surface area contributed by atoms with Gasteiger partial charge in [0.05, 0.1) is 17.9 Å². The van der Waals surface area contributed by atoms with E-state index in [1.54, 1.807) is 17.4 Å². The molecule has 1 N–H and O–H groups in total. The summed E-state index contributed by atoms with van der Waals surface area (Å²) in [5.41, 5.74) is 1.78. The summed E-state index contributed by atoms with van der Waals surface area (Å²) in [6, 6.07) is 5.27. The zero-order chi connectivity index (χ0) is 19.5. The lowest BCUT2D eigenvalue weighted by Gasteiger charge is -2.34. The van der Waals surface area contributed by atoms with Crippen molar-refractivity contribution in [2.24, 2.45) is 0 Å². The van der Waals surface area contributed by atoms with Gasteiger partial charge in [-0.3, -0.25) is 9.88 Å². The molecule has 1 saturated heterocycles. The Balaban J connectivity index is 1.57. The van der Waals surface area contributed by atoms with Gasteiger partial charge in [-0.1, -0.05) is 6.42 Å². The summed E-state index contributed by atoms with van der Waals surface area (Å²) < 4.78 is 13.2.